The number of nitrogens with one attached hydrogen (secondary N) is 7. The number of carbonyl (C=O) groups excluding carboxylic acids is 7. The molecule has 16 N–H and O–H groups in total. The van der Waals surface area contributed by atoms with E-state index in [1.54, 1.807) is 48.5 Å². The number of guanidine groups is 1. The van der Waals surface area contributed by atoms with Crippen LogP contribution in [0.4, 0.5) is 0 Å². The highest BCUT2D eigenvalue weighted by molar-refractivity contribution is 5.98. The number of carboxylic acids is 2. The maximum absolute atomic E-state index is 14.3. The Morgan fingerprint density at radius 2 is 1.13 bits per heavy atom. The molecule has 10 atom stereocenters. The van der Waals surface area contributed by atoms with Crippen molar-refractivity contribution in [3.63, 3.8) is 0 Å². The van der Waals surface area contributed by atoms with Gasteiger partial charge in [-0.15, -0.1) is 0 Å². The lowest BCUT2D eigenvalue weighted by atomic mass is 9.95. The monoisotopic (exact) mass is 962 g/mol. The highest BCUT2D eigenvalue weighted by Gasteiger charge is 2.36. The third kappa shape index (κ3) is 21.4. The number of phenols is 1. The van der Waals surface area contributed by atoms with Crippen LogP contribution >= 0.6 is 0 Å². The molecule has 0 unspecified atom stereocenters. The number of rotatable bonds is 31. The Kier molecular flexibility index (Phi) is 26.2. The van der Waals surface area contributed by atoms with Gasteiger partial charge in [0.15, 0.2) is 5.96 Å². The highest BCUT2D eigenvalue weighted by atomic mass is 16.4. The molecule has 1 rings (SSSR count). The van der Waals surface area contributed by atoms with Crippen LogP contribution in [-0.2, 0) is 49.6 Å². The van der Waals surface area contributed by atoms with E-state index in [2.05, 4.69) is 42.2 Å². The Bertz CT molecular complexity index is 1890. The van der Waals surface area contributed by atoms with Crippen LogP contribution in [0.1, 0.15) is 106 Å². The number of amides is 7. The Morgan fingerprint density at radius 3 is 1.66 bits per heavy atom. The SMILES string of the molecule is CC[C@H](C)[C@H](N)C(=O)N[C@@H](CCCN=C(N)N)C(=O)N[C@@H](Cc1ccc(O)cc1)C(=O)N[C@H](C(=O)N[C@@H](CC(C)C)C(=O)N[C@@H](CC(=O)O)C(=O)NCC(=O)N[C@H](C(=O)O)[C@@H](C)CC)[C@@H](C)CC. The zero-order chi connectivity index (χ0) is 51.8. The van der Waals surface area contributed by atoms with Crippen molar-refractivity contribution < 1.29 is 58.5 Å². The fraction of sp³-hybridized carbons (Fsp3) is 0.644. The zero-order valence-electron chi connectivity index (χ0n) is 40.4. The lowest BCUT2D eigenvalue weighted by molar-refractivity contribution is -0.143. The second-order valence-electron chi connectivity index (χ2n) is 17.6. The summed E-state index contributed by atoms with van der Waals surface area (Å²) in [6, 6.07) is -3.36. The first-order valence-corrected chi connectivity index (χ1v) is 23.0. The van der Waals surface area contributed by atoms with Crippen LogP contribution in [0.3, 0.4) is 0 Å². The molecule has 0 saturated carbocycles. The van der Waals surface area contributed by atoms with Gasteiger partial charge in [-0.2, -0.15) is 0 Å². The Labute approximate surface area is 397 Å². The number of nitrogens with two attached hydrogens (primary N) is 3. The molecule has 1 aromatic rings. The summed E-state index contributed by atoms with van der Waals surface area (Å²) >= 11 is 0. The molecule has 0 aliphatic heterocycles. The minimum atomic E-state index is -1.73. The summed E-state index contributed by atoms with van der Waals surface area (Å²) in [4.78, 5) is 123. The van der Waals surface area contributed by atoms with E-state index >= 15 is 0 Å². The number of aliphatic imine (C=N–C) groups is 1. The first-order valence-electron chi connectivity index (χ1n) is 23.0. The van der Waals surface area contributed by atoms with Crippen LogP contribution in [0, 0.1) is 23.7 Å². The highest BCUT2D eigenvalue weighted by Crippen LogP contribution is 2.16. The van der Waals surface area contributed by atoms with Gasteiger partial charge in [-0.3, -0.25) is 43.3 Å². The standard InChI is InChI=1S/C45H75N11O12/c1-9-24(6)35(46)42(65)51-29(13-12-18-49-45(47)48)39(62)52-31(20-27-14-16-28(57)17-15-27)41(64)56-36(25(7)10-2)43(66)54-30(19-23(4)5)40(63)53-32(21-34(59)60)38(61)50-22-33(58)55-37(44(67)68)26(8)11-3/h14-17,23-26,29-32,35-37,57H,9-13,18-22,46H2,1-8H3,(H,50,61)(H,51,65)(H,52,62)(H,53,63)(H,54,66)(H,55,58)(H,56,64)(H,59,60)(H,67,68)(H4,47,48,49)/t24-,25-,26-,29-,30-,31-,32-,35-,36-,37-/m0/s1. The van der Waals surface area contributed by atoms with Gasteiger partial charge < -0.3 is 69.7 Å². The third-order valence-electron chi connectivity index (χ3n) is 11.5. The molecule has 0 aliphatic carbocycles. The Hall–Kier alpha value is -6.52. The molecule has 7 amide bonds. The minimum Gasteiger partial charge on any atom is -0.508 e. The van der Waals surface area contributed by atoms with E-state index in [1.807, 2.05) is 6.92 Å². The smallest absolute Gasteiger partial charge is 0.326 e. The minimum absolute atomic E-state index is 0.00866. The van der Waals surface area contributed by atoms with E-state index in [9.17, 15) is 58.5 Å². The quantitative estimate of drug-likeness (QED) is 0.0243. The molecule has 0 radical (unpaired) electrons. The van der Waals surface area contributed by atoms with Crippen molar-refractivity contribution in [3.05, 3.63) is 29.8 Å². The summed E-state index contributed by atoms with van der Waals surface area (Å²) < 4.78 is 0. The fourth-order valence-electron chi connectivity index (χ4n) is 6.68. The Balaban J connectivity index is 3.48. The van der Waals surface area contributed by atoms with E-state index in [4.69, 9.17) is 17.2 Å². The molecular weight excluding hydrogens is 887 g/mol. The van der Waals surface area contributed by atoms with Gasteiger partial charge in [-0.25, -0.2) is 4.79 Å². The second kappa shape index (κ2) is 30.0. The average molecular weight is 962 g/mol. The molecule has 0 heterocycles. The molecule has 0 fully saturated rings. The molecule has 382 valence electrons. The van der Waals surface area contributed by atoms with E-state index in [1.165, 1.54) is 24.3 Å². The van der Waals surface area contributed by atoms with Crippen molar-refractivity contribution in [2.45, 2.75) is 149 Å². The third-order valence-corrected chi connectivity index (χ3v) is 11.5. The summed E-state index contributed by atoms with van der Waals surface area (Å²) in [6.07, 6.45) is 0.575. The van der Waals surface area contributed by atoms with Gasteiger partial charge in [0.05, 0.1) is 19.0 Å². The van der Waals surface area contributed by atoms with Gasteiger partial charge in [0, 0.05) is 13.0 Å². The van der Waals surface area contributed by atoms with E-state index < -0.39 is 120 Å². The van der Waals surface area contributed by atoms with Gasteiger partial charge in [0.25, 0.3) is 0 Å². The van der Waals surface area contributed by atoms with Crippen LogP contribution in [0.2, 0.25) is 0 Å². The van der Waals surface area contributed by atoms with Crippen LogP contribution in [0.15, 0.2) is 29.3 Å². The number of aliphatic carboxylic acids is 2. The maximum Gasteiger partial charge on any atom is 0.326 e. The predicted molar refractivity (Wildman–Crippen MR) is 252 cm³/mol. The van der Waals surface area contributed by atoms with Crippen LogP contribution in [-0.4, -0.2) is 130 Å². The topological polar surface area (TPSA) is 389 Å². The molecule has 68 heavy (non-hydrogen) atoms. The Morgan fingerprint density at radius 1 is 0.618 bits per heavy atom. The van der Waals surface area contributed by atoms with Crippen LogP contribution in [0.25, 0.3) is 0 Å². The number of benzene rings is 1. The summed E-state index contributed by atoms with van der Waals surface area (Å²) in [5.74, 6) is -10.4. The summed E-state index contributed by atoms with van der Waals surface area (Å²) in [6.45, 7) is 13.3. The zero-order valence-corrected chi connectivity index (χ0v) is 40.4. The second-order valence-corrected chi connectivity index (χ2v) is 17.6. The maximum atomic E-state index is 14.3. The fourth-order valence-corrected chi connectivity index (χ4v) is 6.68. The largest absolute Gasteiger partial charge is 0.508 e. The van der Waals surface area contributed by atoms with E-state index in [0.29, 0.717) is 24.8 Å². The van der Waals surface area contributed by atoms with Crippen molar-refractivity contribution >= 4 is 59.2 Å². The van der Waals surface area contributed by atoms with Gasteiger partial charge in [-0.05, 0) is 60.6 Å². The lowest BCUT2D eigenvalue weighted by Crippen LogP contribution is -2.61. The molecule has 0 aliphatic rings. The van der Waals surface area contributed by atoms with Crippen molar-refractivity contribution in [1.82, 2.24) is 37.2 Å². The molecule has 23 heteroatoms. The van der Waals surface area contributed by atoms with Gasteiger partial charge in [0.2, 0.25) is 41.4 Å². The van der Waals surface area contributed by atoms with Gasteiger partial charge in [0.1, 0.15) is 42.0 Å². The molecule has 0 aromatic heterocycles. The van der Waals surface area contributed by atoms with Crippen LogP contribution < -0.4 is 54.4 Å². The first-order chi connectivity index (χ1) is 31.8. The first kappa shape index (κ1) is 59.5. The molecule has 1 aromatic carbocycles. The number of phenolic OH excluding ortho intramolecular Hbond substituents is 1. The molecule has 0 saturated heterocycles. The van der Waals surface area contributed by atoms with Crippen LogP contribution in [0.5, 0.6) is 5.75 Å². The lowest BCUT2D eigenvalue weighted by Gasteiger charge is -2.30. The average Bonchev–Trinajstić information content (AvgIpc) is 3.28. The number of aromatic hydroxyl groups is 1. The predicted octanol–water partition coefficient (Wildman–Crippen LogP) is -0.916. The summed E-state index contributed by atoms with van der Waals surface area (Å²) in [5.41, 5.74) is 17.6. The molecule has 0 spiro atoms. The number of hydrogen-bond acceptors (Lipinski definition) is 12. The van der Waals surface area contributed by atoms with Crippen molar-refractivity contribution in [1.29, 1.82) is 0 Å². The molecule has 23 nitrogen and oxygen atoms in total. The normalized spacial score (nSPS) is 15.5. The number of nitrogens with zero attached hydrogens (tertiary/aromatic N) is 1. The number of carboxylic acid groups (broad SMARTS) is 2. The number of hydrogen-bond donors (Lipinski definition) is 13. The molecule has 0 bridgehead atoms. The number of carbonyl (C=O) groups is 9. The summed E-state index contributed by atoms with van der Waals surface area (Å²) in [5, 5.41) is 46.6. The molecular formula is C45H75N11O12. The van der Waals surface area contributed by atoms with Crippen molar-refractivity contribution in [2.24, 2.45) is 45.9 Å². The summed E-state index contributed by atoms with van der Waals surface area (Å²) in [7, 11) is 0. The van der Waals surface area contributed by atoms with E-state index in [0.717, 1.165) is 0 Å². The van der Waals surface area contributed by atoms with Crippen molar-refractivity contribution in [3.8, 4) is 5.75 Å². The van der Waals surface area contributed by atoms with Gasteiger partial charge in [-0.1, -0.05) is 86.8 Å². The van der Waals surface area contributed by atoms with Gasteiger partial charge >= 0.3 is 11.9 Å². The van der Waals surface area contributed by atoms with E-state index in [-0.39, 0.29) is 55.8 Å². The van der Waals surface area contributed by atoms with Crippen molar-refractivity contribution in [2.75, 3.05) is 13.1 Å².